The van der Waals surface area contributed by atoms with Crippen LogP contribution in [0.25, 0.3) is 0 Å². The first kappa shape index (κ1) is 25.6. The van der Waals surface area contributed by atoms with E-state index < -0.39 is 5.60 Å². The molecular formula is C27H34Cl2N2O2. The van der Waals surface area contributed by atoms with Gasteiger partial charge < -0.3 is 15.0 Å². The van der Waals surface area contributed by atoms with Gasteiger partial charge in [-0.1, -0.05) is 69.6 Å². The van der Waals surface area contributed by atoms with Crippen LogP contribution < -0.4 is 5.32 Å². The van der Waals surface area contributed by atoms with Crippen LogP contribution in [0.3, 0.4) is 0 Å². The zero-order chi connectivity index (χ0) is 24.4. The molecule has 2 atom stereocenters. The standard InChI is InChI=1S/C27H34Cl2N2O2/c1-18(2)24(30-25(32)20-7-11-22(28)12-8-20)19(3)31-16-15-27(33-6,26(4,5)17-31)21-9-13-23(29)14-10-21/h7-14,18,24H,3,15-17H2,1-2,4-6H3,(H,30,32)/t24-,27+/m1/s1. The Balaban J connectivity index is 1.79. The predicted molar refractivity (Wildman–Crippen MR) is 137 cm³/mol. The number of nitrogens with zero attached hydrogens (tertiary/aromatic N) is 1. The molecule has 0 bridgehead atoms. The first-order chi connectivity index (χ1) is 15.5. The van der Waals surface area contributed by atoms with E-state index in [0.717, 1.165) is 30.8 Å². The second-order valence-corrected chi connectivity index (χ2v) is 10.7. The average molecular weight is 489 g/mol. The maximum Gasteiger partial charge on any atom is 0.251 e. The van der Waals surface area contributed by atoms with Crippen LogP contribution in [0, 0.1) is 11.3 Å². The second-order valence-electron chi connectivity index (χ2n) is 9.79. The highest BCUT2D eigenvalue weighted by molar-refractivity contribution is 6.30. The maximum absolute atomic E-state index is 12.9. The van der Waals surface area contributed by atoms with Gasteiger partial charge in [0.25, 0.3) is 5.91 Å². The molecule has 0 radical (unpaired) electrons. The van der Waals surface area contributed by atoms with Crippen LogP contribution in [-0.2, 0) is 10.3 Å². The first-order valence-corrected chi connectivity index (χ1v) is 12.1. The number of hydrogen-bond donors (Lipinski definition) is 1. The van der Waals surface area contributed by atoms with E-state index in [2.05, 4.69) is 56.6 Å². The number of carbonyl (C=O) groups is 1. The molecular weight excluding hydrogens is 455 g/mol. The Labute approximate surface area is 207 Å². The third kappa shape index (κ3) is 5.24. The SMILES string of the molecule is C=C([C@H](NC(=O)c1ccc(Cl)cc1)C(C)C)N1CC[C@](OC)(c2ccc(Cl)cc2)C(C)(C)C1. The summed E-state index contributed by atoms with van der Waals surface area (Å²) in [5, 5.41) is 4.50. The van der Waals surface area contributed by atoms with E-state index in [9.17, 15) is 4.79 Å². The number of piperidine rings is 1. The van der Waals surface area contributed by atoms with Crippen LogP contribution in [0.15, 0.2) is 60.8 Å². The van der Waals surface area contributed by atoms with Crippen molar-refractivity contribution in [2.24, 2.45) is 11.3 Å². The van der Waals surface area contributed by atoms with Crippen LogP contribution in [0.1, 0.15) is 50.0 Å². The quantitative estimate of drug-likeness (QED) is 0.481. The molecule has 0 unspecified atom stereocenters. The Morgan fingerprint density at radius 1 is 1.06 bits per heavy atom. The summed E-state index contributed by atoms with van der Waals surface area (Å²) in [6.07, 6.45) is 0.799. The van der Waals surface area contributed by atoms with Gasteiger partial charge in [-0.25, -0.2) is 0 Å². The molecule has 33 heavy (non-hydrogen) atoms. The number of ether oxygens (including phenoxy) is 1. The van der Waals surface area contributed by atoms with E-state index in [4.69, 9.17) is 27.9 Å². The Morgan fingerprint density at radius 2 is 1.61 bits per heavy atom. The molecule has 0 aromatic heterocycles. The molecule has 1 aliphatic heterocycles. The Kier molecular flexibility index (Phi) is 7.83. The fourth-order valence-corrected chi connectivity index (χ4v) is 5.22. The highest BCUT2D eigenvalue weighted by atomic mass is 35.5. The molecule has 2 aromatic carbocycles. The monoisotopic (exact) mass is 488 g/mol. The Bertz CT molecular complexity index is 986. The summed E-state index contributed by atoms with van der Waals surface area (Å²) in [6.45, 7) is 14.6. The summed E-state index contributed by atoms with van der Waals surface area (Å²) in [5.74, 6) is 0.0532. The van der Waals surface area contributed by atoms with Crippen molar-refractivity contribution >= 4 is 29.1 Å². The minimum atomic E-state index is -0.436. The maximum atomic E-state index is 12.9. The summed E-state index contributed by atoms with van der Waals surface area (Å²) >= 11 is 12.1. The zero-order valence-corrected chi connectivity index (χ0v) is 21.6. The van der Waals surface area contributed by atoms with Gasteiger partial charge in [0.2, 0.25) is 0 Å². The molecule has 178 valence electrons. The van der Waals surface area contributed by atoms with E-state index in [1.807, 2.05) is 12.1 Å². The number of halogens is 2. The van der Waals surface area contributed by atoms with Crippen LogP contribution in [0.4, 0.5) is 0 Å². The van der Waals surface area contributed by atoms with Crippen molar-refractivity contribution in [3.8, 4) is 0 Å². The minimum Gasteiger partial charge on any atom is -0.373 e. The molecule has 1 N–H and O–H groups in total. The smallest absolute Gasteiger partial charge is 0.251 e. The molecule has 0 aliphatic carbocycles. The van der Waals surface area contributed by atoms with Crippen molar-refractivity contribution in [3.63, 3.8) is 0 Å². The van der Waals surface area contributed by atoms with E-state index in [1.54, 1.807) is 31.4 Å². The number of amides is 1. The third-order valence-electron chi connectivity index (χ3n) is 6.90. The second kappa shape index (κ2) is 10.1. The topological polar surface area (TPSA) is 41.6 Å². The van der Waals surface area contributed by atoms with E-state index in [-0.39, 0.29) is 23.3 Å². The van der Waals surface area contributed by atoms with Crippen molar-refractivity contribution < 1.29 is 9.53 Å². The lowest BCUT2D eigenvalue weighted by Gasteiger charge is -2.54. The van der Waals surface area contributed by atoms with Crippen molar-refractivity contribution in [2.75, 3.05) is 20.2 Å². The highest BCUT2D eigenvalue weighted by Crippen LogP contribution is 2.49. The summed E-state index contributed by atoms with van der Waals surface area (Å²) in [4.78, 5) is 15.2. The predicted octanol–water partition coefficient (Wildman–Crippen LogP) is 6.54. The molecule has 2 aromatic rings. The average Bonchev–Trinajstić information content (AvgIpc) is 2.77. The van der Waals surface area contributed by atoms with Crippen molar-refractivity contribution in [3.05, 3.63) is 82.0 Å². The normalized spacial score (nSPS) is 21.0. The van der Waals surface area contributed by atoms with Crippen LogP contribution in [0.2, 0.25) is 10.0 Å². The molecule has 0 saturated carbocycles. The number of rotatable bonds is 7. The number of benzene rings is 2. The van der Waals surface area contributed by atoms with Gasteiger partial charge in [-0.15, -0.1) is 0 Å². The van der Waals surface area contributed by atoms with Crippen LogP contribution >= 0.6 is 23.2 Å². The first-order valence-electron chi connectivity index (χ1n) is 11.3. The number of likely N-dealkylation sites (tertiary alicyclic amines) is 1. The lowest BCUT2D eigenvalue weighted by atomic mass is 9.66. The van der Waals surface area contributed by atoms with Gasteiger partial charge in [-0.3, -0.25) is 4.79 Å². The molecule has 0 spiro atoms. The van der Waals surface area contributed by atoms with Crippen molar-refractivity contribution in [2.45, 2.75) is 45.8 Å². The third-order valence-corrected chi connectivity index (χ3v) is 7.40. The molecule has 3 rings (SSSR count). The Morgan fingerprint density at radius 3 is 2.09 bits per heavy atom. The molecule has 6 heteroatoms. The minimum absolute atomic E-state index is 0.129. The van der Waals surface area contributed by atoms with Gasteiger partial charge in [0, 0.05) is 46.9 Å². The largest absolute Gasteiger partial charge is 0.373 e. The summed E-state index contributed by atoms with van der Waals surface area (Å²) in [7, 11) is 1.78. The van der Waals surface area contributed by atoms with Gasteiger partial charge in [-0.05, 0) is 54.3 Å². The van der Waals surface area contributed by atoms with Gasteiger partial charge in [0.05, 0.1) is 6.04 Å². The van der Waals surface area contributed by atoms with Crippen LogP contribution in [0.5, 0.6) is 0 Å². The molecule has 1 aliphatic rings. The molecule has 1 amide bonds. The van der Waals surface area contributed by atoms with E-state index >= 15 is 0 Å². The lowest BCUT2D eigenvalue weighted by Crippen LogP contribution is -2.57. The van der Waals surface area contributed by atoms with E-state index in [1.165, 1.54) is 0 Å². The summed E-state index contributed by atoms with van der Waals surface area (Å²) in [6, 6.07) is 14.7. The number of carbonyl (C=O) groups excluding carboxylic acids is 1. The van der Waals surface area contributed by atoms with E-state index in [0.29, 0.717) is 15.6 Å². The summed E-state index contributed by atoms with van der Waals surface area (Å²) in [5.41, 5.74) is 1.98. The summed E-state index contributed by atoms with van der Waals surface area (Å²) < 4.78 is 6.21. The zero-order valence-electron chi connectivity index (χ0n) is 20.1. The van der Waals surface area contributed by atoms with Gasteiger partial charge >= 0.3 is 0 Å². The highest BCUT2D eigenvalue weighted by Gasteiger charge is 2.51. The molecule has 1 saturated heterocycles. The number of hydrogen-bond acceptors (Lipinski definition) is 3. The van der Waals surface area contributed by atoms with Crippen LogP contribution in [-0.4, -0.2) is 37.0 Å². The fraction of sp³-hybridized carbons (Fsp3) is 0.444. The number of methoxy groups -OCH3 is 1. The molecule has 4 nitrogen and oxygen atoms in total. The van der Waals surface area contributed by atoms with Gasteiger partial charge in [0.1, 0.15) is 5.60 Å². The molecule has 1 heterocycles. The number of nitrogens with one attached hydrogen (secondary N) is 1. The van der Waals surface area contributed by atoms with Crippen molar-refractivity contribution in [1.82, 2.24) is 10.2 Å². The molecule has 1 fully saturated rings. The van der Waals surface area contributed by atoms with Gasteiger partial charge in [-0.2, -0.15) is 0 Å². The van der Waals surface area contributed by atoms with Crippen molar-refractivity contribution in [1.29, 1.82) is 0 Å². The van der Waals surface area contributed by atoms with Gasteiger partial charge in [0.15, 0.2) is 0 Å². The Hall–Kier alpha value is -2.01. The lowest BCUT2D eigenvalue weighted by molar-refractivity contribution is -0.145. The fourth-order valence-electron chi connectivity index (χ4n) is 4.97.